The molecule has 1 heterocycles. The lowest BCUT2D eigenvalue weighted by Gasteiger charge is -1.94. The summed E-state index contributed by atoms with van der Waals surface area (Å²) in [6.07, 6.45) is 0. The fourth-order valence-corrected chi connectivity index (χ4v) is 1.55. The van der Waals surface area contributed by atoms with Gasteiger partial charge in [-0.3, -0.25) is 4.79 Å². The molecule has 1 amide bonds. The number of hydrogen-bond acceptors (Lipinski definition) is 1. The predicted octanol–water partition coefficient (Wildman–Crippen LogP) is 1.69. The molecule has 0 aliphatic carbocycles. The number of benzene rings is 1. The van der Waals surface area contributed by atoms with Crippen molar-refractivity contribution in [1.82, 2.24) is 5.31 Å². The first-order chi connectivity index (χ1) is 5.68. The fourth-order valence-electron chi connectivity index (χ4n) is 1.14. The van der Waals surface area contributed by atoms with E-state index in [-0.39, 0.29) is 5.91 Å². The molecule has 2 nitrogen and oxygen atoms in total. The number of rotatable bonds is 0. The number of fused-ring (bicyclic) bond motifs is 1. The van der Waals surface area contributed by atoms with Gasteiger partial charge in [-0.1, -0.05) is 15.9 Å². The summed E-state index contributed by atoms with van der Waals surface area (Å²) < 4.78 is 8.21. The molecular weight excluding hydrogens is 206 g/mol. The Bertz CT molecular complexity index is 353. The van der Waals surface area contributed by atoms with Crippen molar-refractivity contribution in [3.05, 3.63) is 33.8 Å². The summed E-state index contributed by atoms with van der Waals surface area (Å²) >= 11 is 3.31. The van der Waals surface area contributed by atoms with Crippen LogP contribution >= 0.6 is 15.9 Å². The molecule has 1 N–H and O–H groups in total. The van der Waals surface area contributed by atoms with Gasteiger partial charge in [-0.15, -0.1) is 0 Å². The van der Waals surface area contributed by atoms with Gasteiger partial charge in [0.25, 0.3) is 5.91 Å². The average Bonchev–Trinajstić information content (AvgIpc) is 2.28. The van der Waals surface area contributed by atoms with Gasteiger partial charge in [0.05, 0.1) is 0 Å². The molecule has 1 aliphatic rings. The largest absolute Gasteiger partial charge is 0.348 e. The minimum absolute atomic E-state index is 0.211. The van der Waals surface area contributed by atoms with Crippen molar-refractivity contribution in [2.45, 2.75) is 6.54 Å². The Kier molecular flexibility index (Phi) is 1.23. The third kappa shape index (κ3) is 1.05. The fraction of sp³-hybridized carbons (Fsp3) is 0.125. The molecule has 3 heteroatoms. The molecule has 0 radical (unpaired) electrons. The first-order valence-corrected chi connectivity index (χ1v) is 4.07. The first kappa shape index (κ1) is 5.77. The Labute approximate surface area is 74.2 Å². The van der Waals surface area contributed by atoms with E-state index >= 15 is 0 Å². The quantitative estimate of drug-likeness (QED) is 0.698. The van der Waals surface area contributed by atoms with Gasteiger partial charge in [0.2, 0.25) is 0 Å². The van der Waals surface area contributed by atoms with Crippen molar-refractivity contribution in [1.29, 1.82) is 0 Å². The first-order valence-electron chi connectivity index (χ1n) is 3.72. The van der Waals surface area contributed by atoms with Gasteiger partial charge in [-0.05, 0) is 23.8 Å². The molecule has 2 rings (SSSR count). The summed E-state index contributed by atoms with van der Waals surface area (Å²) in [5.74, 6) is -0.211. The van der Waals surface area contributed by atoms with Gasteiger partial charge >= 0.3 is 0 Å². The van der Waals surface area contributed by atoms with Crippen LogP contribution in [0, 0.1) is 0 Å². The van der Waals surface area contributed by atoms with Crippen LogP contribution in [-0.4, -0.2) is 5.91 Å². The summed E-state index contributed by atoms with van der Waals surface area (Å²) in [4.78, 5) is 11.2. The Morgan fingerprint density at radius 1 is 1.64 bits per heavy atom. The molecule has 0 unspecified atom stereocenters. The second-order valence-corrected chi connectivity index (χ2v) is 3.34. The third-order valence-electron chi connectivity index (χ3n) is 1.69. The highest BCUT2D eigenvalue weighted by Gasteiger charge is 2.17. The van der Waals surface area contributed by atoms with Crippen molar-refractivity contribution in [2.75, 3.05) is 0 Å². The molecular formula is C8H6BrNO. The van der Waals surface area contributed by atoms with E-state index in [4.69, 9.17) is 1.41 Å². The smallest absolute Gasteiger partial charge is 0.251 e. The highest BCUT2D eigenvalue weighted by molar-refractivity contribution is 9.10. The van der Waals surface area contributed by atoms with Gasteiger partial charge in [0.1, 0.15) is 0 Å². The van der Waals surface area contributed by atoms with Crippen LogP contribution in [0.3, 0.4) is 0 Å². The minimum Gasteiger partial charge on any atom is -0.348 e. The number of halogens is 1. The van der Waals surface area contributed by atoms with Crippen molar-refractivity contribution in [2.24, 2.45) is 0 Å². The van der Waals surface area contributed by atoms with Crippen molar-refractivity contribution >= 4 is 21.8 Å². The van der Waals surface area contributed by atoms with Gasteiger partial charge in [0, 0.05) is 16.6 Å². The molecule has 0 fully saturated rings. The van der Waals surface area contributed by atoms with Gasteiger partial charge in [-0.25, -0.2) is 0 Å². The molecule has 0 atom stereocenters. The van der Waals surface area contributed by atoms with E-state index in [1.165, 1.54) is 0 Å². The van der Waals surface area contributed by atoms with Crippen LogP contribution in [0.2, 0.25) is 1.41 Å². The number of nitrogens with one attached hydrogen (secondary N) is 1. The second kappa shape index (κ2) is 2.34. The lowest BCUT2D eigenvalue weighted by Crippen LogP contribution is -2.12. The van der Waals surface area contributed by atoms with Crippen LogP contribution in [-0.2, 0) is 6.54 Å². The second-order valence-electron chi connectivity index (χ2n) is 2.42. The van der Waals surface area contributed by atoms with E-state index in [2.05, 4.69) is 15.9 Å². The molecule has 0 aromatic heterocycles. The number of carbonyl (C=O) groups is 1. The maximum Gasteiger partial charge on any atom is 0.251 e. The average molecular weight is 213 g/mol. The number of hydrogen-bond donors (Lipinski definition) is 1. The SMILES string of the molecule is [2H]N1Cc2cc(Br)ccc2C1=O. The van der Waals surface area contributed by atoms with Crippen LogP contribution < -0.4 is 5.31 Å². The van der Waals surface area contributed by atoms with Crippen LogP contribution in [0.5, 0.6) is 0 Å². The lowest BCUT2D eigenvalue weighted by molar-refractivity contribution is 0.0966. The normalized spacial score (nSPS) is 16.6. The predicted molar refractivity (Wildman–Crippen MR) is 45.3 cm³/mol. The van der Waals surface area contributed by atoms with Gasteiger partial charge in [-0.2, -0.15) is 0 Å². The minimum atomic E-state index is -0.211. The maximum absolute atomic E-state index is 11.2. The summed E-state index contributed by atoms with van der Waals surface area (Å²) in [7, 11) is 0. The monoisotopic (exact) mass is 212 g/mol. The van der Waals surface area contributed by atoms with Gasteiger partial charge in [0.15, 0.2) is 1.41 Å². The van der Waals surface area contributed by atoms with Gasteiger partial charge < -0.3 is 5.31 Å². The van der Waals surface area contributed by atoms with Crippen molar-refractivity contribution < 1.29 is 6.21 Å². The zero-order chi connectivity index (χ0) is 8.72. The number of carbonyl (C=O) groups excluding carboxylic acids is 1. The zero-order valence-corrected chi connectivity index (χ0v) is 7.26. The molecule has 1 aliphatic heterocycles. The molecule has 1 aromatic carbocycles. The van der Waals surface area contributed by atoms with E-state index in [1.54, 1.807) is 6.07 Å². The Balaban J connectivity index is 2.54. The van der Waals surface area contributed by atoms with Crippen LogP contribution in [0.15, 0.2) is 22.7 Å². The van der Waals surface area contributed by atoms with Crippen LogP contribution in [0.1, 0.15) is 15.9 Å². The van der Waals surface area contributed by atoms with E-state index < -0.39 is 0 Å². The molecule has 11 heavy (non-hydrogen) atoms. The Morgan fingerprint density at radius 3 is 3.27 bits per heavy atom. The van der Waals surface area contributed by atoms with E-state index in [1.807, 2.05) is 12.1 Å². The van der Waals surface area contributed by atoms with Crippen molar-refractivity contribution in [3.8, 4) is 0 Å². The zero-order valence-electron chi connectivity index (χ0n) is 6.67. The molecule has 0 saturated heterocycles. The molecule has 56 valence electrons. The maximum atomic E-state index is 11.2. The van der Waals surface area contributed by atoms with E-state index in [9.17, 15) is 4.79 Å². The standard InChI is InChI=1S/C8H6BrNO/c9-6-1-2-7-5(3-6)4-10-8(7)11/h1-3H,4H2,(H,10,11)/i/hD. The summed E-state index contributed by atoms with van der Waals surface area (Å²) in [6.45, 7) is 0.396. The lowest BCUT2D eigenvalue weighted by atomic mass is 10.1. The highest BCUT2D eigenvalue weighted by atomic mass is 79.9. The van der Waals surface area contributed by atoms with E-state index in [0.717, 1.165) is 15.3 Å². The molecule has 0 spiro atoms. The Morgan fingerprint density at radius 2 is 2.45 bits per heavy atom. The summed E-state index contributed by atoms with van der Waals surface area (Å²) in [5.41, 5.74) is 1.57. The highest BCUT2D eigenvalue weighted by Crippen LogP contribution is 2.19. The number of amides is 1. The Hall–Kier alpha value is -0.830. The summed E-state index contributed by atoms with van der Waals surface area (Å²) in [6, 6.07) is 5.44. The molecule has 0 saturated carbocycles. The summed E-state index contributed by atoms with van der Waals surface area (Å²) in [5, 5.41) is 0.969. The third-order valence-corrected chi connectivity index (χ3v) is 2.18. The van der Waals surface area contributed by atoms with Crippen LogP contribution in [0.4, 0.5) is 0 Å². The van der Waals surface area contributed by atoms with Crippen molar-refractivity contribution in [3.63, 3.8) is 0 Å². The molecule has 1 aromatic rings. The van der Waals surface area contributed by atoms with E-state index in [0.29, 0.717) is 12.1 Å². The van der Waals surface area contributed by atoms with Crippen LogP contribution in [0.25, 0.3) is 0 Å². The molecule has 0 bridgehead atoms. The topological polar surface area (TPSA) is 29.1 Å².